The minimum absolute atomic E-state index is 0.133. The van der Waals surface area contributed by atoms with Crippen molar-refractivity contribution >= 4 is 29.2 Å². The van der Waals surface area contributed by atoms with Gasteiger partial charge in [0.25, 0.3) is 11.6 Å². The van der Waals surface area contributed by atoms with Crippen molar-refractivity contribution in [3.05, 3.63) is 59.2 Å². The average Bonchev–Trinajstić information content (AvgIpc) is 2.82. The van der Waals surface area contributed by atoms with Crippen molar-refractivity contribution in [3.63, 3.8) is 0 Å². The van der Waals surface area contributed by atoms with Crippen LogP contribution < -0.4 is 21.7 Å². The van der Waals surface area contributed by atoms with Crippen LogP contribution in [-0.2, 0) is 10.5 Å². The summed E-state index contributed by atoms with van der Waals surface area (Å²) in [6, 6.07) is 13.3. The highest BCUT2D eigenvalue weighted by atomic mass is 16.2. The van der Waals surface area contributed by atoms with E-state index in [0.717, 1.165) is 11.3 Å². The van der Waals surface area contributed by atoms with E-state index in [9.17, 15) is 4.79 Å². The van der Waals surface area contributed by atoms with Gasteiger partial charge in [0, 0.05) is 16.9 Å². The van der Waals surface area contributed by atoms with E-state index in [-0.39, 0.29) is 11.9 Å². The van der Waals surface area contributed by atoms with Crippen LogP contribution in [0.3, 0.4) is 0 Å². The van der Waals surface area contributed by atoms with Gasteiger partial charge in [0.15, 0.2) is 5.96 Å². The molecule has 2 aliphatic rings. The number of carbonyl (C=O) groups excluding carboxylic acids is 1. The molecule has 0 aromatic heterocycles. The van der Waals surface area contributed by atoms with E-state index >= 15 is 0 Å². The Balaban J connectivity index is 1.76. The number of fused-ring (bicyclic) bond motifs is 2. The molecule has 0 aliphatic carbocycles. The molecule has 1 spiro atoms. The molecule has 2 aromatic carbocycles. The maximum Gasteiger partial charge on any atom is 0.280 e. The van der Waals surface area contributed by atoms with Crippen LogP contribution in [0.2, 0.25) is 0 Å². The number of guanidine groups is 2. The number of rotatable bonds is 1. The Hall–Kier alpha value is -3.35. The Morgan fingerprint density at radius 1 is 1.04 bits per heavy atom. The summed E-state index contributed by atoms with van der Waals surface area (Å²) in [6.45, 7) is 4.09. The summed E-state index contributed by atoms with van der Waals surface area (Å²) in [5.74, 6) is 0.188. The lowest BCUT2D eigenvalue weighted by atomic mass is 10.0. The lowest BCUT2D eigenvalue weighted by Gasteiger charge is -2.26. The van der Waals surface area contributed by atoms with Gasteiger partial charge < -0.3 is 16.4 Å². The van der Waals surface area contributed by atoms with Crippen molar-refractivity contribution in [1.82, 2.24) is 5.32 Å². The van der Waals surface area contributed by atoms with Gasteiger partial charge in [-0.05, 0) is 43.2 Å². The van der Waals surface area contributed by atoms with E-state index in [1.165, 1.54) is 5.56 Å². The summed E-state index contributed by atoms with van der Waals surface area (Å²) in [4.78, 5) is 21.5. The summed E-state index contributed by atoms with van der Waals surface area (Å²) in [5, 5.41) is 8.88. The van der Waals surface area contributed by atoms with Gasteiger partial charge in [-0.25, -0.2) is 9.98 Å². The number of aliphatic imine (C=N–C) groups is 2. The molecule has 0 bridgehead atoms. The fraction of sp³-hybridized carbons (Fsp3) is 0.167. The number of amides is 1. The van der Waals surface area contributed by atoms with Crippen molar-refractivity contribution in [2.45, 2.75) is 19.5 Å². The monoisotopic (exact) mass is 334 g/mol. The van der Waals surface area contributed by atoms with Crippen LogP contribution in [0.4, 0.5) is 11.4 Å². The first-order valence-corrected chi connectivity index (χ1v) is 7.95. The van der Waals surface area contributed by atoms with Gasteiger partial charge in [-0.2, -0.15) is 0 Å². The second-order valence-electron chi connectivity index (χ2n) is 6.18. The normalized spacial score (nSPS) is 21.1. The smallest absolute Gasteiger partial charge is 0.280 e. The third-order valence-electron chi connectivity index (χ3n) is 4.44. The maximum atomic E-state index is 12.6. The standard InChI is InChI=1S/C18H18N6O/c1-10-7-8-12(9-11(10)2)20-17-22-16(19)23-18(24-17)13-5-3-4-6-14(13)21-15(18)25/h3-9H,1-2H3,(H,21,25)(H4,19,20,22,23,24). The van der Waals surface area contributed by atoms with Crippen molar-refractivity contribution in [2.75, 3.05) is 10.6 Å². The SMILES string of the molecule is Cc1ccc(NC2=NC3(N=C(N)N2)C(=O)Nc2ccccc23)cc1C. The van der Waals surface area contributed by atoms with Crippen molar-refractivity contribution in [1.29, 1.82) is 0 Å². The Labute approximate surface area is 145 Å². The van der Waals surface area contributed by atoms with Gasteiger partial charge in [-0.3, -0.25) is 10.1 Å². The number of hydrogen-bond donors (Lipinski definition) is 4. The molecule has 4 rings (SSSR count). The highest BCUT2D eigenvalue weighted by Gasteiger charge is 2.49. The third kappa shape index (κ3) is 2.40. The zero-order valence-electron chi connectivity index (χ0n) is 13.9. The molecule has 1 amide bonds. The molecule has 0 saturated carbocycles. The lowest BCUT2D eigenvalue weighted by Crippen LogP contribution is -2.49. The molecule has 7 heteroatoms. The first kappa shape index (κ1) is 15.2. The van der Waals surface area contributed by atoms with Gasteiger partial charge in [0.1, 0.15) is 0 Å². The van der Waals surface area contributed by atoms with Gasteiger partial charge >= 0.3 is 0 Å². The molecule has 126 valence electrons. The van der Waals surface area contributed by atoms with Gasteiger partial charge in [-0.15, -0.1) is 0 Å². The molecule has 2 heterocycles. The number of anilines is 2. The van der Waals surface area contributed by atoms with Crippen LogP contribution in [0.15, 0.2) is 52.4 Å². The van der Waals surface area contributed by atoms with E-state index in [2.05, 4.69) is 32.9 Å². The summed E-state index contributed by atoms with van der Waals surface area (Å²) in [7, 11) is 0. The number of hydrogen-bond acceptors (Lipinski definition) is 6. The fourth-order valence-electron chi connectivity index (χ4n) is 3.00. The van der Waals surface area contributed by atoms with Crippen LogP contribution in [0.5, 0.6) is 0 Å². The van der Waals surface area contributed by atoms with Crippen molar-refractivity contribution in [3.8, 4) is 0 Å². The summed E-state index contributed by atoms with van der Waals surface area (Å²) in [6.07, 6.45) is 0. The summed E-state index contributed by atoms with van der Waals surface area (Å²) in [5.41, 5.74) is 9.14. The van der Waals surface area contributed by atoms with E-state index in [4.69, 9.17) is 5.73 Å². The van der Waals surface area contributed by atoms with Crippen LogP contribution in [0.25, 0.3) is 0 Å². The molecule has 7 nitrogen and oxygen atoms in total. The Bertz CT molecular complexity index is 948. The first-order valence-electron chi connectivity index (χ1n) is 7.95. The van der Waals surface area contributed by atoms with Crippen molar-refractivity contribution in [2.24, 2.45) is 15.7 Å². The zero-order chi connectivity index (χ0) is 17.6. The largest absolute Gasteiger partial charge is 0.370 e. The zero-order valence-corrected chi connectivity index (χ0v) is 13.9. The average molecular weight is 334 g/mol. The number of benzene rings is 2. The number of nitrogens with one attached hydrogen (secondary N) is 3. The quantitative estimate of drug-likeness (QED) is 0.638. The molecule has 2 aliphatic heterocycles. The third-order valence-corrected chi connectivity index (χ3v) is 4.44. The number of para-hydroxylation sites is 1. The first-order chi connectivity index (χ1) is 12.0. The van der Waals surface area contributed by atoms with Crippen molar-refractivity contribution < 1.29 is 4.79 Å². The van der Waals surface area contributed by atoms with Crippen LogP contribution in [-0.4, -0.2) is 17.8 Å². The molecular formula is C18H18N6O. The molecule has 1 atom stereocenters. The second-order valence-corrected chi connectivity index (χ2v) is 6.18. The van der Waals surface area contributed by atoms with Gasteiger partial charge in [0.05, 0.1) is 0 Å². The van der Waals surface area contributed by atoms with Gasteiger partial charge in [-0.1, -0.05) is 24.3 Å². The number of nitrogens with two attached hydrogens (primary N) is 1. The Morgan fingerprint density at radius 2 is 1.84 bits per heavy atom. The van der Waals surface area contributed by atoms with Crippen LogP contribution in [0.1, 0.15) is 16.7 Å². The van der Waals surface area contributed by atoms with Crippen LogP contribution in [0, 0.1) is 13.8 Å². The molecule has 0 radical (unpaired) electrons. The lowest BCUT2D eigenvalue weighted by molar-refractivity contribution is -0.120. The molecule has 1 unspecified atom stereocenters. The second kappa shape index (κ2) is 5.34. The number of nitrogens with zero attached hydrogens (tertiary/aromatic N) is 2. The number of aryl methyl sites for hydroxylation is 2. The van der Waals surface area contributed by atoms with E-state index in [1.807, 2.05) is 49.4 Å². The van der Waals surface area contributed by atoms with Gasteiger partial charge in [0.2, 0.25) is 5.96 Å². The summed E-state index contributed by atoms with van der Waals surface area (Å²) >= 11 is 0. The Kier molecular flexibility index (Phi) is 3.24. The van der Waals surface area contributed by atoms with E-state index < -0.39 is 5.66 Å². The minimum Gasteiger partial charge on any atom is -0.370 e. The molecule has 2 aromatic rings. The highest BCUT2D eigenvalue weighted by Crippen LogP contribution is 2.40. The maximum absolute atomic E-state index is 12.6. The Morgan fingerprint density at radius 3 is 2.64 bits per heavy atom. The van der Waals surface area contributed by atoms with Crippen LogP contribution >= 0.6 is 0 Å². The van der Waals surface area contributed by atoms with E-state index in [0.29, 0.717) is 17.2 Å². The molecule has 25 heavy (non-hydrogen) atoms. The minimum atomic E-state index is -1.39. The molecular weight excluding hydrogens is 316 g/mol. The predicted molar refractivity (Wildman–Crippen MR) is 98.5 cm³/mol. The fourth-order valence-corrected chi connectivity index (χ4v) is 3.00. The molecule has 0 fully saturated rings. The van der Waals surface area contributed by atoms with E-state index in [1.54, 1.807) is 0 Å². The number of carbonyl (C=O) groups is 1. The summed E-state index contributed by atoms with van der Waals surface area (Å²) < 4.78 is 0. The molecule has 5 N–H and O–H groups in total. The topological polar surface area (TPSA) is 104 Å². The molecule has 0 saturated heterocycles. The predicted octanol–water partition coefficient (Wildman–Crippen LogP) is 1.79. The highest BCUT2D eigenvalue weighted by molar-refractivity contribution is 6.13.